The van der Waals surface area contributed by atoms with Gasteiger partial charge in [0.05, 0.1) is 16.7 Å². The summed E-state index contributed by atoms with van der Waals surface area (Å²) in [6, 6.07) is 5.50. The zero-order valence-electron chi connectivity index (χ0n) is 6.67. The zero-order valence-corrected chi connectivity index (χ0v) is 9.01. The van der Waals surface area contributed by atoms with Crippen molar-refractivity contribution in [2.75, 3.05) is 0 Å². The van der Waals surface area contributed by atoms with Crippen LogP contribution in [0.3, 0.4) is 0 Å². The molecule has 0 N–H and O–H groups in total. The highest BCUT2D eigenvalue weighted by Crippen LogP contribution is 2.16. The molecule has 0 saturated carbocycles. The van der Waals surface area contributed by atoms with Crippen LogP contribution in [0.2, 0.25) is 5.02 Å². The molecule has 0 unspecified atom stereocenters. The molecule has 4 heteroatoms. The fraction of sp³-hybridized carbons (Fsp3) is 0.111. The number of hydrogen-bond donors (Lipinski definition) is 0. The number of rotatable bonds is 1. The molecule has 0 aliphatic rings. The molecule has 0 aliphatic heterocycles. The lowest BCUT2D eigenvalue weighted by Gasteiger charge is -1.98. The van der Waals surface area contributed by atoms with Gasteiger partial charge in [0.2, 0.25) is 0 Å². The van der Waals surface area contributed by atoms with Crippen LogP contribution >= 0.6 is 27.5 Å². The maximum absolute atomic E-state index is 5.82. The van der Waals surface area contributed by atoms with Gasteiger partial charge in [-0.05, 0) is 18.2 Å². The summed E-state index contributed by atoms with van der Waals surface area (Å²) in [7, 11) is 0. The Hall–Kier alpha value is -0.670. The third-order valence-corrected chi connectivity index (χ3v) is 2.50. The van der Waals surface area contributed by atoms with Gasteiger partial charge >= 0.3 is 0 Å². The van der Waals surface area contributed by atoms with Crippen molar-refractivity contribution in [1.82, 2.24) is 9.97 Å². The molecule has 0 bridgehead atoms. The van der Waals surface area contributed by atoms with Crippen molar-refractivity contribution >= 4 is 38.6 Å². The quantitative estimate of drug-likeness (QED) is 0.733. The number of benzene rings is 1. The lowest BCUT2D eigenvalue weighted by Crippen LogP contribution is -1.88. The Balaban J connectivity index is 2.66. The second-order valence-corrected chi connectivity index (χ2v) is 3.63. The van der Waals surface area contributed by atoms with Crippen LogP contribution in [0.25, 0.3) is 11.0 Å². The van der Waals surface area contributed by atoms with Crippen molar-refractivity contribution in [3.63, 3.8) is 0 Å². The van der Waals surface area contributed by atoms with Crippen LogP contribution in [-0.4, -0.2) is 9.97 Å². The fourth-order valence-electron chi connectivity index (χ4n) is 1.09. The summed E-state index contributed by atoms with van der Waals surface area (Å²) in [5.41, 5.74) is 2.63. The topological polar surface area (TPSA) is 25.8 Å². The molecule has 1 aromatic carbocycles. The largest absolute Gasteiger partial charge is 0.253 e. The molecule has 2 aromatic rings. The number of aromatic nitrogens is 2. The third kappa shape index (κ3) is 1.81. The van der Waals surface area contributed by atoms with Gasteiger partial charge in [-0.15, -0.1) is 0 Å². The summed E-state index contributed by atoms with van der Waals surface area (Å²) in [4.78, 5) is 8.60. The smallest absolute Gasteiger partial charge is 0.0901 e. The number of fused-ring (bicyclic) bond motifs is 1. The van der Waals surface area contributed by atoms with Crippen LogP contribution in [0.15, 0.2) is 24.4 Å². The molecule has 0 aliphatic carbocycles. The summed E-state index contributed by atoms with van der Waals surface area (Å²) in [5.74, 6) is 0. The highest BCUT2D eigenvalue weighted by molar-refractivity contribution is 9.08. The van der Waals surface area contributed by atoms with Crippen molar-refractivity contribution in [1.29, 1.82) is 0 Å². The van der Waals surface area contributed by atoms with Gasteiger partial charge in [0.1, 0.15) is 0 Å². The van der Waals surface area contributed by atoms with Crippen LogP contribution in [0.4, 0.5) is 0 Å². The van der Waals surface area contributed by atoms with Gasteiger partial charge in [-0.1, -0.05) is 27.5 Å². The SMILES string of the molecule is Clc1ccc2nc(CBr)cnc2c1. The second kappa shape index (κ2) is 3.60. The van der Waals surface area contributed by atoms with Crippen LogP contribution in [0.1, 0.15) is 5.69 Å². The first kappa shape index (κ1) is 8.91. The van der Waals surface area contributed by atoms with Gasteiger partial charge in [-0.2, -0.15) is 0 Å². The van der Waals surface area contributed by atoms with Crippen molar-refractivity contribution < 1.29 is 0 Å². The Morgan fingerprint density at radius 3 is 2.92 bits per heavy atom. The zero-order chi connectivity index (χ0) is 9.26. The van der Waals surface area contributed by atoms with Gasteiger partial charge in [0.25, 0.3) is 0 Å². The maximum Gasteiger partial charge on any atom is 0.0901 e. The molecule has 0 saturated heterocycles. The van der Waals surface area contributed by atoms with E-state index < -0.39 is 0 Å². The van der Waals surface area contributed by atoms with E-state index in [4.69, 9.17) is 11.6 Å². The van der Waals surface area contributed by atoms with Crippen molar-refractivity contribution in [3.8, 4) is 0 Å². The standard InChI is InChI=1S/C9H6BrClN2/c10-4-7-5-12-9-3-6(11)1-2-8(9)13-7/h1-3,5H,4H2. The predicted octanol–water partition coefficient (Wildman–Crippen LogP) is 3.18. The van der Waals surface area contributed by atoms with Crippen molar-refractivity contribution in [2.24, 2.45) is 0 Å². The summed E-state index contributed by atoms with van der Waals surface area (Å²) in [6.07, 6.45) is 1.74. The van der Waals surface area contributed by atoms with E-state index in [9.17, 15) is 0 Å². The first-order chi connectivity index (χ1) is 6.29. The third-order valence-electron chi connectivity index (χ3n) is 1.69. The Morgan fingerprint density at radius 2 is 2.15 bits per heavy atom. The lowest BCUT2D eigenvalue weighted by molar-refractivity contribution is 1.17. The molecule has 0 radical (unpaired) electrons. The molecular weight excluding hydrogens is 251 g/mol. The van der Waals surface area contributed by atoms with Crippen LogP contribution in [-0.2, 0) is 5.33 Å². The molecule has 0 atom stereocenters. The highest BCUT2D eigenvalue weighted by atomic mass is 79.9. The monoisotopic (exact) mass is 256 g/mol. The number of alkyl halides is 1. The van der Waals surface area contributed by atoms with E-state index in [1.54, 1.807) is 6.20 Å². The summed E-state index contributed by atoms with van der Waals surface area (Å²) in [5, 5.41) is 1.41. The normalized spacial score (nSPS) is 10.6. The van der Waals surface area contributed by atoms with E-state index >= 15 is 0 Å². The molecular formula is C9H6BrClN2. The number of nitrogens with zero attached hydrogens (tertiary/aromatic N) is 2. The van der Waals surface area contributed by atoms with E-state index in [1.807, 2.05) is 18.2 Å². The van der Waals surface area contributed by atoms with E-state index in [0.29, 0.717) is 5.02 Å². The van der Waals surface area contributed by atoms with Crippen LogP contribution < -0.4 is 0 Å². The summed E-state index contributed by atoms with van der Waals surface area (Å²) < 4.78 is 0. The first-order valence-electron chi connectivity index (χ1n) is 3.77. The second-order valence-electron chi connectivity index (χ2n) is 2.63. The molecule has 1 aromatic heterocycles. The highest BCUT2D eigenvalue weighted by Gasteiger charge is 1.98. The average Bonchev–Trinajstić information content (AvgIpc) is 2.17. The molecule has 66 valence electrons. The maximum atomic E-state index is 5.82. The molecule has 1 heterocycles. The number of hydrogen-bond acceptors (Lipinski definition) is 2. The Bertz CT molecular complexity index is 445. The van der Waals surface area contributed by atoms with Crippen LogP contribution in [0.5, 0.6) is 0 Å². The average molecular weight is 258 g/mol. The van der Waals surface area contributed by atoms with Crippen molar-refractivity contribution in [3.05, 3.63) is 35.1 Å². The van der Waals surface area contributed by atoms with Gasteiger partial charge in [-0.3, -0.25) is 4.98 Å². The van der Waals surface area contributed by atoms with Gasteiger partial charge in [0.15, 0.2) is 0 Å². The van der Waals surface area contributed by atoms with Crippen molar-refractivity contribution in [2.45, 2.75) is 5.33 Å². The Morgan fingerprint density at radius 1 is 1.31 bits per heavy atom. The van der Waals surface area contributed by atoms with E-state index in [-0.39, 0.29) is 0 Å². The molecule has 2 nitrogen and oxygen atoms in total. The molecule has 2 rings (SSSR count). The minimum atomic E-state index is 0.688. The van der Waals surface area contributed by atoms with Crippen LogP contribution in [0, 0.1) is 0 Å². The molecule has 0 amide bonds. The molecule has 0 fully saturated rings. The molecule has 0 spiro atoms. The molecule has 13 heavy (non-hydrogen) atoms. The number of halogens is 2. The van der Waals surface area contributed by atoms with E-state index in [1.165, 1.54) is 0 Å². The Labute approximate surface area is 89.1 Å². The van der Waals surface area contributed by atoms with E-state index in [0.717, 1.165) is 22.1 Å². The van der Waals surface area contributed by atoms with Gasteiger partial charge in [-0.25, -0.2) is 4.98 Å². The predicted molar refractivity (Wildman–Crippen MR) is 57.2 cm³/mol. The van der Waals surface area contributed by atoms with Gasteiger partial charge in [0, 0.05) is 16.5 Å². The summed E-state index contributed by atoms with van der Waals surface area (Å²) >= 11 is 9.14. The van der Waals surface area contributed by atoms with E-state index in [2.05, 4.69) is 25.9 Å². The van der Waals surface area contributed by atoms with Gasteiger partial charge < -0.3 is 0 Å². The fourth-order valence-corrected chi connectivity index (χ4v) is 1.52. The summed E-state index contributed by atoms with van der Waals surface area (Å²) in [6.45, 7) is 0. The lowest BCUT2D eigenvalue weighted by atomic mass is 10.3. The minimum Gasteiger partial charge on any atom is -0.253 e. The Kier molecular flexibility index (Phi) is 2.47. The minimum absolute atomic E-state index is 0.688. The first-order valence-corrected chi connectivity index (χ1v) is 5.26.